The highest BCUT2D eigenvalue weighted by Gasteiger charge is 2.18. The van der Waals surface area contributed by atoms with E-state index in [1.54, 1.807) is 0 Å². The molecular weight excluding hydrogens is 224 g/mol. The molecule has 0 spiro atoms. The number of hydrogen-bond acceptors (Lipinski definition) is 2. The van der Waals surface area contributed by atoms with Crippen LogP contribution in [-0.4, -0.2) is 30.4 Å². The van der Waals surface area contributed by atoms with Gasteiger partial charge in [-0.15, -0.1) is 0 Å². The molecule has 1 aromatic carbocycles. The molecule has 0 aromatic heterocycles. The van der Waals surface area contributed by atoms with Crippen LogP contribution in [0.3, 0.4) is 0 Å². The van der Waals surface area contributed by atoms with Gasteiger partial charge in [-0.05, 0) is 32.3 Å². The molecular formula is C15H22N2O. The van der Waals surface area contributed by atoms with Gasteiger partial charge >= 0.3 is 0 Å². The first-order valence-corrected chi connectivity index (χ1v) is 6.74. The minimum atomic E-state index is 0.220. The van der Waals surface area contributed by atoms with Crippen molar-refractivity contribution in [1.82, 2.24) is 10.2 Å². The second kappa shape index (κ2) is 6.01. The van der Waals surface area contributed by atoms with Crippen molar-refractivity contribution in [3.63, 3.8) is 0 Å². The molecule has 0 saturated carbocycles. The third kappa shape index (κ3) is 3.33. The highest BCUT2D eigenvalue weighted by molar-refractivity contribution is 5.78. The normalized spacial score (nSPS) is 16.9. The molecule has 3 nitrogen and oxygen atoms in total. The van der Waals surface area contributed by atoms with Crippen LogP contribution in [-0.2, 0) is 4.79 Å². The molecule has 98 valence electrons. The Kier molecular flexibility index (Phi) is 4.37. The Hall–Kier alpha value is -1.35. The Morgan fingerprint density at radius 1 is 1.28 bits per heavy atom. The van der Waals surface area contributed by atoms with Crippen LogP contribution in [0.4, 0.5) is 0 Å². The lowest BCUT2D eigenvalue weighted by atomic mass is 10.1. The van der Waals surface area contributed by atoms with Gasteiger partial charge in [0.05, 0.1) is 6.54 Å². The van der Waals surface area contributed by atoms with Gasteiger partial charge in [0.25, 0.3) is 0 Å². The molecule has 1 fully saturated rings. The summed E-state index contributed by atoms with van der Waals surface area (Å²) < 4.78 is 0. The second-order valence-corrected chi connectivity index (χ2v) is 5.10. The molecule has 1 aromatic rings. The summed E-state index contributed by atoms with van der Waals surface area (Å²) in [4.78, 5) is 13.9. The first kappa shape index (κ1) is 13.1. The number of likely N-dealkylation sites (tertiary alicyclic amines) is 1. The molecule has 18 heavy (non-hydrogen) atoms. The zero-order chi connectivity index (χ0) is 13.0. The molecule has 1 heterocycles. The van der Waals surface area contributed by atoms with Crippen molar-refractivity contribution in [2.24, 2.45) is 0 Å². The van der Waals surface area contributed by atoms with Crippen LogP contribution in [0.2, 0.25) is 0 Å². The third-order valence-corrected chi connectivity index (χ3v) is 3.60. The predicted octanol–water partition coefficient (Wildman–Crippen LogP) is 2.27. The van der Waals surface area contributed by atoms with Crippen molar-refractivity contribution in [1.29, 1.82) is 0 Å². The van der Waals surface area contributed by atoms with Crippen molar-refractivity contribution in [3.8, 4) is 0 Å². The summed E-state index contributed by atoms with van der Waals surface area (Å²) >= 11 is 0. The van der Waals surface area contributed by atoms with Crippen LogP contribution in [0.1, 0.15) is 36.9 Å². The predicted molar refractivity (Wildman–Crippen MR) is 73.4 cm³/mol. The van der Waals surface area contributed by atoms with E-state index in [-0.39, 0.29) is 11.9 Å². The summed E-state index contributed by atoms with van der Waals surface area (Å²) in [6.07, 6.45) is 2.30. The fourth-order valence-electron chi connectivity index (χ4n) is 2.29. The Labute approximate surface area is 109 Å². The van der Waals surface area contributed by atoms with E-state index in [1.807, 2.05) is 4.90 Å². The van der Waals surface area contributed by atoms with Crippen LogP contribution in [0.15, 0.2) is 24.3 Å². The summed E-state index contributed by atoms with van der Waals surface area (Å²) in [5.41, 5.74) is 2.49. The summed E-state index contributed by atoms with van der Waals surface area (Å²) in [5.74, 6) is 0.228. The van der Waals surface area contributed by atoms with Gasteiger partial charge in [-0.2, -0.15) is 0 Å². The number of nitrogens with zero attached hydrogens (tertiary/aromatic N) is 1. The Morgan fingerprint density at radius 3 is 2.50 bits per heavy atom. The summed E-state index contributed by atoms with van der Waals surface area (Å²) in [7, 11) is 0. The van der Waals surface area contributed by atoms with Crippen molar-refractivity contribution < 1.29 is 4.79 Å². The molecule has 1 aliphatic heterocycles. The summed E-state index contributed by atoms with van der Waals surface area (Å²) in [5, 5.41) is 3.30. The molecule has 1 atom stereocenters. The average molecular weight is 246 g/mol. The van der Waals surface area contributed by atoms with Crippen LogP contribution < -0.4 is 5.32 Å². The molecule has 0 aliphatic carbocycles. The standard InChI is InChI=1S/C15H22N2O/c1-12-5-7-14(8-6-12)13(2)16-11-15(18)17-9-3-4-10-17/h5-8,13,16H,3-4,9-11H2,1-2H3/t13-/m0/s1. The van der Waals surface area contributed by atoms with E-state index >= 15 is 0 Å². The highest BCUT2D eigenvalue weighted by Crippen LogP contribution is 2.13. The zero-order valence-electron chi connectivity index (χ0n) is 11.3. The Bertz CT molecular complexity index is 393. The van der Waals surface area contributed by atoms with Gasteiger partial charge in [-0.1, -0.05) is 29.8 Å². The number of carbonyl (C=O) groups excluding carboxylic acids is 1. The summed E-state index contributed by atoms with van der Waals surface area (Å²) in [6, 6.07) is 8.67. The molecule has 2 rings (SSSR count). The van der Waals surface area contributed by atoms with Gasteiger partial charge in [0.1, 0.15) is 0 Å². The molecule has 0 radical (unpaired) electrons. The van der Waals surface area contributed by atoms with Gasteiger partial charge < -0.3 is 10.2 Å². The van der Waals surface area contributed by atoms with E-state index in [2.05, 4.69) is 43.4 Å². The molecule has 0 bridgehead atoms. The number of nitrogens with one attached hydrogen (secondary N) is 1. The lowest BCUT2D eigenvalue weighted by Gasteiger charge is -2.18. The summed E-state index contributed by atoms with van der Waals surface area (Å²) in [6.45, 7) is 6.48. The van der Waals surface area contributed by atoms with E-state index in [1.165, 1.54) is 11.1 Å². The molecule has 1 amide bonds. The fourth-order valence-corrected chi connectivity index (χ4v) is 2.29. The second-order valence-electron chi connectivity index (χ2n) is 5.10. The molecule has 1 aliphatic rings. The van der Waals surface area contributed by atoms with Crippen molar-refractivity contribution in [2.75, 3.05) is 19.6 Å². The average Bonchev–Trinajstić information content (AvgIpc) is 2.90. The third-order valence-electron chi connectivity index (χ3n) is 3.60. The monoisotopic (exact) mass is 246 g/mol. The number of rotatable bonds is 4. The van der Waals surface area contributed by atoms with E-state index in [4.69, 9.17) is 0 Å². The highest BCUT2D eigenvalue weighted by atomic mass is 16.2. The molecule has 3 heteroatoms. The fraction of sp³-hybridized carbons (Fsp3) is 0.533. The van der Waals surface area contributed by atoms with Crippen molar-refractivity contribution in [2.45, 2.75) is 32.7 Å². The lowest BCUT2D eigenvalue weighted by Crippen LogP contribution is -2.37. The molecule has 1 N–H and O–H groups in total. The van der Waals surface area contributed by atoms with Gasteiger partial charge in [0.15, 0.2) is 0 Å². The number of benzene rings is 1. The van der Waals surface area contributed by atoms with Crippen molar-refractivity contribution in [3.05, 3.63) is 35.4 Å². The largest absolute Gasteiger partial charge is 0.342 e. The first-order valence-electron chi connectivity index (χ1n) is 6.74. The van der Waals surface area contributed by atoms with Crippen LogP contribution in [0.25, 0.3) is 0 Å². The van der Waals surface area contributed by atoms with Crippen LogP contribution >= 0.6 is 0 Å². The maximum Gasteiger partial charge on any atom is 0.236 e. The SMILES string of the molecule is Cc1ccc([C@H](C)NCC(=O)N2CCCC2)cc1. The zero-order valence-corrected chi connectivity index (χ0v) is 11.3. The smallest absolute Gasteiger partial charge is 0.236 e. The van der Waals surface area contributed by atoms with Crippen LogP contribution in [0, 0.1) is 6.92 Å². The van der Waals surface area contributed by atoms with E-state index < -0.39 is 0 Å². The van der Waals surface area contributed by atoms with E-state index in [0.29, 0.717) is 6.54 Å². The van der Waals surface area contributed by atoms with Crippen LogP contribution in [0.5, 0.6) is 0 Å². The number of carbonyl (C=O) groups is 1. The number of amides is 1. The lowest BCUT2D eigenvalue weighted by molar-refractivity contribution is -0.129. The molecule has 1 saturated heterocycles. The maximum atomic E-state index is 11.9. The topological polar surface area (TPSA) is 32.3 Å². The quantitative estimate of drug-likeness (QED) is 0.884. The minimum Gasteiger partial charge on any atom is -0.342 e. The maximum absolute atomic E-state index is 11.9. The Balaban J connectivity index is 1.82. The number of hydrogen-bond donors (Lipinski definition) is 1. The van der Waals surface area contributed by atoms with Crippen molar-refractivity contribution >= 4 is 5.91 Å². The van der Waals surface area contributed by atoms with E-state index in [0.717, 1.165) is 25.9 Å². The van der Waals surface area contributed by atoms with Gasteiger partial charge in [-0.25, -0.2) is 0 Å². The Morgan fingerprint density at radius 2 is 1.89 bits per heavy atom. The number of aryl methyl sites for hydroxylation is 1. The van der Waals surface area contributed by atoms with Gasteiger partial charge in [0, 0.05) is 19.1 Å². The van der Waals surface area contributed by atoms with Gasteiger partial charge in [-0.3, -0.25) is 4.79 Å². The minimum absolute atomic E-state index is 0.220. The molecule has 0 unspecified atom stereocenters. The van der Waals surface area contributed by atoms with Gasteiger partial charge in [0.2, 0.25) is 5.91 Å². The first-order chi connectivity index (χ1) is 8.66. The van der Waals surface area contributed by atoms with E-state index in [9.17, 15) is 4.79 Å².